The van der Waals surface area contributed by atoms with Crippen molar-refractivity contribution in [3.8, 4) is 0 Å². The van der Waals surface area contributed by atoms with Crippen LogP contribution >= 0.6 is 0 Å². The predicted octanol–water partition coefficient (Wildman–Crippen LogP) is -0.447. The van der Waals surface area contributed by atoms with Gasteiger partial charge in [-0.1, -0.05) is 6.08 Å². The van der Waals surface area contributed by atoms with Crippen LogP contribution in [-0.4, -0.2) is 25.2 Å². The van der Waals surface area contributed by atoms with Crippen molar-refractivity contribution >= 4 is 0 Å². The van der Waals surface area contributed by atoms with E-state index in [1.807, 2.05) is 0 Å². The average molecular weight is 153 g/mol. The van der Waals surface area contributed by atoms with Gasteiger partial charge in [-0.15, -0.1) is 0 Å². The molecule has 0 aromatic rings. The van der Waals surface area contributed by atoms with Crippen LogP contribution in [0.2, 0.25) is 0 Å². The van der Waals surface area contributed by atoms with Crippen LogP contribution < -0.4 is 16.4 Å². The van der Waals surface area contributed by atoms with Crippen molar-refractivity contribution in [1.29, 1.82) is 0 Å². The molecule has 0 bridgehead atoms. The predicted molar refractivity (Wildman–Crippen MR) is 45.1 cm³/mol. The van der Waals surface area contributed by atoms with E-state index in [2.05, 4.69) is 16.7 Å². The van der Waals surface area contributed by atoms with Crippen LogP contribution in [0.15, 0.2) is 11.8 Å². The van der Waals surface area contributed by atoms with Gasteiger partial charge in [0.05, 0.1) is 6.04 Å². The van der Waals surface area contributed by atoms with Crippen LogP contribution in [0.1, 0.15) is 12.8 Å². The molecule has 1 heterocycles. The summed E-state index contributed by atoms with van der Waals surface area (Å²) < 4.78 is 0. The van der Waals surface area contributed by atoms with E-state index < -0.39 is 0 Å². The lowest BCUT2D eigenvalue weighted by Gasteiger charge is -2.35. The van der Waals surface area contributed by atoms with Gasteiger partial charge in [-0.2, -0.15) is 0 Å². The number of nitrogens with two attached hydrogens (primary N) is 1. The van der Waals surface area contributed by atoms with Gasteiger partial charge in [-0.05, 0) is 12.8 Å². The molecule has 2 aliphatic rings. The minimum absolute atomic E-state index is 0.308. The van der Waals surface area contributed by atoms with Crippen molar-refractivity contribution in [2.24, 2.45) is 5.73 Å². The third-order valence-electron chi connectivity index (χ3n) is 2.45. The third-order valence-corrected chi connectivity index (χ3v) is 2.45. The van der Waals surface area contributed by atoms with Gasteiger partial charge in [-0.3, -0.25) is 0 Å². The number of piperazine rings is 1. The smallest absolute Gasteiger partial charge is 0.0620 e. The summed E-state index contributed by atoms with van der Waals surface area (Å²) in [5, 5.41) is 6.79. The largest absolute Gasteiger partial charge is 0.386 e. The van der Waals surface area contributed by atoms with Gasteiger partial charge >= 0.3 is 0 Å². The fraction of sp³-hybridized carbons (Fsp3) is 0.750. The maximum absolute atomic E-state index is 5.95. The number of fused-ring (bicyclic) bond motifs is 1. The molecule has 0 aromatic heterocycles. The van der Waals surface area contributed by atoms with Crippen LogP contribution in [0.4, 0.5) is 0 Å². The highest BCUT2D eigenvalue weighted by atomic mass is 15.1. The van der Waals surface area contributed by atoms with Gasteiger partial charge in [0.2, 0.25) is 0 Å². The first-order chi connectivity index (χ1) is 5.38. The first kappa shape index (κ1) is 7.13. The third kappa shape index (κ3) is 1.26. The molecule has 0 radical (unpaired) electrons. The highest BCUT2D eigenvalue weighted by molar-refractivity contribution is 5.17. The number of hydrogen-bond acceptors (Lipinski definition) is 3. The molecule has 1 aliphatic carbocycles. The van der Waals surface area contributed by atoms with Gasteiger partial charge in [0.25, 0.3) is 0 Å². The fourth-order valence-corrected chi connectivity index (χ4v) is 1.83. The quantitative estimate of drug-likeness (QED) is 0.442. The van der Waals surface area contributed by atoms with E-state index in [-0.39, 0.29) is 0 Å². The molecule has 11 heavy (non-hydrogen) atoms. The Morgan fingerprint density at radius 1 is 1.45 bits per heavy atom. The molecule has 0 aromatic carbocycles. The summed E-state index contributed by atoms with van der Waals surface area (Å²) in [5.41, 5.74) is 7.26. The molecule has 62 valence electrons. The van der Waals surface area contributed by atoms with Gasteiger partial charge in [0.15, 0.2) is 0 Å². The summed E-state index contributed by atoms with van der Waals surface area (Å²) in [6.07, 6.45) is 4.50. The maximum atomic E-state index is 5.95. The summed E-state index contributed by atoms with van der Waals surface area (Å²) in [7, 11) is 0. The molecule has 1 aliphatic heterocycles. The van der Waals surface area contributed by atoms with E-state index in [4.69, 9.17) is 5.73 Å². The van der Waals surface area contributed by atoms with Gasteiger partial charge < -0.3 is 16.4 Å². The second-order valence-electron chi connectivity index (χ2n) is 3.26. The molecule has 3 nitrogen and oxygen atoms in total. The standard InChI is InChI=1S/C8H15N3/c9-6-2-1-3-7-8(6)11-5-4-10-7/h3,6,8,10-11H,1-2,4-5,9H2. The Hall–Kier alpha value is -0.540. The Bertz CT molecular complexity index is 176. The summed E-state index contributed by atoms with van der Waals surface area (Å²) in [6.45, 7) is 2.07. The Morgan fingerprint density at radius 3 is 3.18 bits per heavy atom. The first-order valence-electron chi connectivity index (χ1n) is 4.31. The van der Waals surface area contributed by atoms with Crippen molar-refractivity contribution < 1.29 is 0 Å². The number of nitrogens with one attached hydrogen (secondary N) is 2. The summed E-state index contributed by atoms with van der Waals surface area (Å²) in [4.78, 5) is 0. The molecule has 2 atom stereocenters. The lowest BCUT2D eigenvalue weighted by atomic mass is 9.93. The van der Waals surface area contributed by atoms with E-state index in [0.717, 1.165) is 25.9 Å². The average Bonchev–Trinajstić information content (AvgIpc) is 2.06. The normalized spacial score (nSPS) is 37.0. The monoisotopic (exact) mass is 153 g/mol. The minimum Gasteiger partial charge on any atom is -0.386 e. The second kappa shape index (κ2) is 2.83. The van der Waals surface area contributed by atoms with Crippen LogP contribution in [0.25, 0.3) is 0 Å². The van der Waals surface area contributed by atoms with Crippen LogP contribution in [0.5, 0.6) is 0 Å². The minimum atomic E-state index is 0.308. The Balaban J connectivity index is 2.13. The molecule has 1 saturated heterocycles. The van der Waals surface area contributed by atoms with Crippen molar-refractivity contribution in [3.63, 3.8) is 0 Å². The number of rotatable bonds is 0. The molecule has 2 unspecified atom stereocenters. The molecule has 0 amide bonds. The van der Waals surface area contributed by atoms with Gasteiger partial charge in [0, 0.05) is 24.8 Å². The molecular formula is C8H15N3. The number of hydrogen-bond donors (Lipinski definition) is 3. The zero-order valence-electron chi connectivity index (χ0n) is 6.64. The van der Waals surface area contributed by atoms with E-state index in [1.165, 1.54) is 5.70 Å². The highest BCUT2D eigenvalue weighted by Crippen LogP contribution is 2.16. The Kier molecular flexibility index (Phi) is 1.84. The van der Waals surface area contributed by atoms with E-state index >= 15 is 0 Å². The molecule has 0 saturated carbocycles. The maximum Gasteiger partial charge on any atom is 0.0620 e. The van der Waals surface area contributed by atoms with Crippen LogP contribution in [-0.2, 0) is 0 Å². The van der Waals surface area contributed by atoms with E-state index in [9.17, 15) is 0 Å². The Labute approximate surface area is 67.0 Å². The lowest BCUT2D eigenvalue weighted by molar-refractivity contribution is 0.386. The first-order valence-corrected chi connectivity index (χ1v) is 4.31. The van der Waals surface area contributed by atoms with Gasteiger partial charge in [0.1, 0.15) is 0 Å². The SMILES string of the molecule is NC1CCC=C2NCCNC21. The molecule has 3 heteroatoms. The van der Waals surface area contributed by atoms with Crippen molar-refractivity contribution in [2.45, 2.75) is 24.9 Å². The van der Waals surface area contributed by atoms with Crippen LogP contribution in [0, 0.1) is 0 Å². The molecule has 4 N–H and O–H groups in total. The van der Waals surface area contributed by atoms with E-state index in [0.29, 0.717) is 12.1 Å². The number of allylic oxidation sites excluding steroid dienone is 1. The lowest BCUT2D eigenvalue weighted by Crippen LogP contribution is -2.56. The summed E-state index contributed by atoms with van der Waals surface area (Å²) >= 11 is 0. The Morgan fingerprint density at radius 2 is 2.36 bits per heavy atom. The summed E-state index contributed by atoms with van der Waals surface area (Å²) in [6, 6.07) is 0.709. The fourth-order valence-electron chi connectivity index (χ4n) is 1.83. The van der Waals surface area contributed by atoms with Gasteiger partial charge in [-0.25, -0.2) is 0 Å². The highest BCUT2D eigenvalue weighted by Gasteiger charge is 2.26. The van der Waals surface area contributed by atoms with E-state index in [1.54, 1.807) is 0 Å². The van der Waals surface area contributed by atoms with Crippen LogP contribution in [0.3, 0.4) is 0 Å². The summed E-state index contributed by atoms with van der Waals surface area (Å²) in [5.74, 6) is 0. The topological polar surface area (TPSA) is 50.1 Å². The zero-order chi connectivity index (χ0) is 7.68. The molecule has 2 rings (SSSR count). The van der Waals surface area contributed by atoms with Crippen molar-refractivity contribution in [2.75, 3.05) is 13.1 Å². The zero-order valence-corrected chi connectivity index (χ0v) is 6.64. The van der Waals surface area contributed by atoms with Crippen molar-refractivity contribution in [3.05, 3.63) is 11.8 Å². The second-order valence-corrected chi connectivity index (χ2v) is 3.26. The molecule has 1 fully saturated rings. The molecular weight excluding hydrogens is 138 g/mol. The van der Waals surface area contributed by atoms with Crippen molar-refractivity contribution in [1.82, 2.24) is 10.6 Å². The molecule has 0 spiro atoms.